The standard InChI is InChI=1S/C27H27FN2O2S/c1-2-3-4-9-19-14-16-20(17-15-19)26(32)29-23-12-7-5-10-21(23)27-30(25(31)18-33-27)24-13-8-6-11-22(24)28/h5-8,10-17,27H,2-4,9,18H2,1H3,(H,29,32)/t27-/m1/s1. The van der Waals surface area contributed by atoms with Crippen LogP contribution >= 0.6 is 11.8 Å². The summed E-state index contributed by atoms with van der Waals surface area (Å²) in [5, 5.41) is 2.57. The van der Waals surface area contributed by atoms with Crippen molar-refractivity contribution >= 4 is 35.0 Å². The number of unbranched alkanes of at least 4 members (excludes halogenated alkanes) is 2. The number of hydrogen-bond acceptors (Lipinski definition) is 3. The largest absolute Gasteiger partial charge is 0.322 e. The van der Waals surface area contributed by atoms with Crippen LogP contribution in [0.3, 0.4) is 0 Å². The van der Waals surface area contributed by atoms with Crippen LogP contribution in [0.25, 0.3) is 0 Å². The Hall–Kier alpha value is -3.12. The fourth-order valence-corrected chi connectivity index (χ4v) is 5.19. The van der Waals surface area contributed by atoms with Crippen LogP contribution in [0, 0.1) is 5.82 Å². The molecule has 3 aromatic carbocycles. The molecule has 4 nitrogen and oxygen atoms in total. The summed E-state index contributed by atoms with van der Waals surface area (Å²) in [4.78, 5) is 27.1. The Morgan fingerprint density at radius 3 is 2.52 bits per heavy atom. The highest BCUT2D eigenvalue weighted by Gasteiger charge is 2.36. The molecule has 0 saturated carbocycles. The van der Waals surface area contributed by atoms with E-state index in [1.807, 2.05) is 48.5 Å². The highest BCUT2D eigenvalue weighted by atomic mass is 32.2. The van der Waals surface area contributed by atoms with Gasteiger partial charge in [-0.3, -0.25) is 14.5 Å². The van der Waals surface area contributed by atoms with Gasteiger partial charge in [0.25, 0.3) is 5.91 Å². The normalized spacial score (nSPS) is 15.6. The van der Waals surface area contributed by atoms with Crippen LogP contribution < -0.4 is 10.2 Å². The number of nitrogens with one attached hydrogen (secondary N) is 1. The van der Waals surface area contributed by atoms with Crippen molar-refractivity contribution in [1.82, 2.24) is 0 Å². The van der Waals surface area contributed by atoms with Crippen molar-refractivity contribution in [2.45, 2.75) is 38.0 Å². The van der Waals surface area contributed by atoms with Gasteiger partial charge < -0.3 is 5.32 Å². The summed E-state index contributed by atoms with van der Waals surface area (Å²) in [5.41, 5.74) is 3.42. The summed E-state index contributed by atoms with van der Waals surface area (Å²) < 4.78 is 14.5. The minimum Gasteiger partial charge on any atom is -0.322 e. The van der Waals surface area contributed by atoms with E-state index in [1.165, 1.54) is 41.1 Å². The van der Waals surface area contributed by atoms with Gasteiger partial charge in [0.1, 0.15) is 11.2 Å². The molecule has 1 aliphatic heterocycles. The summed E-state index contributed by atoms with van der Waals surface area (Å²) in [7, 11) is 0. The molecule has 2 amide bonds. The molecule has 0 radical (unpaired) electrons. The van der Waals surface area contributed by atoms with Gasteiger partial charge in [-0.25, -0.2) is 4.39 Å². The molecule has 6 heteroatoms. The molecule has 3 aromatic rings. The van der Waals surface area contributed by atoms with Crippen molar-refractivity contribution < 1.29 is 14.0 Å². The van der Waals surface area contributed by atoms with Gasteiger partial charge >= 0.3 is 0 Å². The number of halogens is 1. The molecule has 0 aliphatic carbocycles. The lowest BCUT2D eigenvalue weighted by Gasteiger charge is -2.26. The first-order valence-corrected chi connectivity index (χ1v) is 12.3. The van der Waals surface area contributed by atoms with Gasteiger partial charge in [-0.2, -0.15) is 0 Å². The zero-order valence-electron chi connectivity index (χ0n) is 18.6. The number of benzene rings is 3. The van der Waals surface area contributed by atoms with Crippen LogP contribution in [0.15, 0.2) is 72.8 Å². The third-order valence-corrected chi connectivity index (χ3v) is 6.93. The summed E-state index contributed by atoms with van der Waals surface area (Å²) in [6.07, 6.45) is 4.53. The number of nitrogens with zero attached hydrogens (tertiary/aromatic N) is 1. The van der Waals surface area contributed by atoms with Crippen molar-refractivity contribution in [3.05, 3.63) is 95.3 Å². The van der Waals surface area contributed by atoms with Crippen molar-refractivity contribution in [3.8, 4) is 0 Å². The van der Waals surface area contributed by atoms with E-state index < -0.39 is 11.2 Å². The number of aryl methyl sites for hydroxylation is 1. The molecule has 1 heterocycles. The zero-order chi connectivity index (χ0) is 23.2. The molecule has 170 valence electrons. The minimum absolute atomic E-state index is 0.158. The summed E-state index contributed by atoms with van der Waals surface area (Å²) in [6.45, 7) is 2.18. The second-order valence-electron chi connectivity index (χ2n) is 8.07. The van der Waals surface area contributed by atoms with Crippen molar-refractivity contribution in [2.24, 2.45) is 0 Å². The molecule has 1 saturated heterocycles. The number of thioether (sulfide) groups is 1. The predicted octanol–water partition coefficient (Wildman–Crippen LogP) is 6.59. The molecule has 1 N–H and O–H groups in total. The molecule has 1 atom stereocenters. The van der Waals surface area contributed by atoms with E-state index in [-0.39, 0.29) is 23.3 Å². The molecule has 1 fully saturated rings. The number of carbonyl (C=O) groups excluding carboxylic acids is 2. The number of hydrogen-bond donors (Lipinski definition) is 1. The van der Waals surface area contributed by atoms with E-state index in [0.717, 1.165) is 18.4 Å². The van der Waals surface area contributed by atoms with Crippen LogP contribution in [-0.2, 0) is 11.2 Å². The van der Waals surface area contributed by atoms with Gasteiger partial charge in [-0.05, 0) is 48.7 Å². The molecule has 0 unspecified atom stereocenters. The van der Waals surface area contributed by atoms with Crippen LogP contribution in [0.5, 0.6) is 0 Å². The summed E-state index contributed by atoms with van der Waals surface area (Å²) in [5.74, 6) is -0.566. The number of anilines is 2. The first kappa shape index (κ1) is 23.1. The Kier molecular flexibility index (Phi) is 7.45. The third-order valence-electron chi connectivity index (χ3n) is 5.74. The van der Waals surface area contributed by atoms with E-state index in [1.54, 1.807) is 18.2 Å². The van der Waals surface area contributed by atoms with Gasteiger partial charge in [0.15, 0.2) is 0 Å². The molecular weight excluding hydrogens is 435 g/mol. The fraction of sp³-hybridized carbons (Fsp3) is 0.259. The van der Waals surface area contributed by atoms with E-state index in [9.17, 15) is 14.0 Å². The molecule has 0 bridgehead atoms. The Morgan fingerprint density at radius 1 is 1.03 bits per heavy atom. The maximum atomic E-state index is 14.5. The molecule has 0 aromatic heterocycles. The lowest BCUT2D eigenvalue weighted by molar-refractivity contribution is -0.115. The maximum absolute atomic E-state index is 14.5. The lowest BCUT2D eigenvalue weighted by Crippen LogP contribution is -2.29. The van der Waals surface area contributed by atoms with Crippen LogP contribution in [0.4, 0.5) is 15.8 Å². The minimum atomic E-state index is -0.445. The van der Waals surface area contributed by atoms with Crippen molar-refractivity contribution in [3.63, 3.8) is 0 Å². The maximum Gasteiger partial charge on any atom is 0.255 e. The highest BCUT2D eigenvalue weighted by Crippen LogP contribution is 2.44. The average Bonchev–Trinajstić information content (AvgIpc) is 3.21. The Bertz CT molecular complexity index is 1130. The van der Waals surface area contributed by atoms with Gasteiger partial charge in [-0.15, -0.1) is 11.8 Å². The number of carbonyl (C=O) groups is 2. The molecule has 4 rings (SSSR count). The van der Waals surface area contributed by atoms with Gasteiger partial charge in [0.2, 0.25) is 5.91 Å². The van der Waals surface area contributed by atoms with E-state index in [2.05, 4.69) is 12.2 Å². The summed E-state index contributed by atoms with van der Waals surface area (Å²) in [6, 6.07) is 21.4. The predicted molar refractivity (Wildman–Crippen MR) is 133 cm³/mol. The van der Waals surface area contributed by atoms with Crippen molar-refractivity contribution in [1.29, 1.82) is 0 Å². The highest BCUT2D eigenvalue weighted by molar-refractivity contribution is 8.00. The SMILES string of the molecule is CCCCCc1ccc(C(=O)Nc2ccccc2[C@H]2SCC(=O)N2c2ccccc2F)cc1. The van der Waals surface area contributed by atoms with Crippen LogP contribution in [0.2, 0.25) is 0 Å². The third kappa shape index (κ3) is 5.28. The monoisotopic (exact) mass is 462 g/mol. The quantitative estimate of drug-likeness (QED) is 0.384. The topological polar surface area (TPSA) is 49.4 Å². The van der Waals surface area contributed by atoms with Crippen LogP contribution in [-0.4, -0.2) is 17.6 Å². The van der Waals surface area contributed by atoms with E-state index in [0.29, 0.717) is 11.3 Å². The lowest BCUT2D eigenvalue weighted by atomic mass is 10.0. The Labute approximate surface area is 198 Å². The Balaban J connectivity index is 1.55. The second-order valence-corrected chi connectivity index (χ2v) is 9.14. The van der Waals surface area contributed by atoms with E-state index >= 15 is 0 Å². The van der Waals surface area contributed by atoms with Crippen molar-refractivity contribution in [2.75, 3.05) is 16.0 Å². The van der Waals surface area contributed by atoms with Gasteiger partial charge in [-0.1, -0.05) is 62.2 Å². The fourth-order valence-electron chi connectivity index (χ4n) is 3.98. The van der Waals surface area contributed by atoms with Gasteiger partial charge in [0, 0.05) is 16.8 Å². The van der Waals surface area contributed by atoms with Crippen LogP contribution in [0.1, 0.15) is 53.0 Å². The average molecular weight is 463 g/mol. The first-order chi connectivity index (χ1) is 16.1. The molecular formula is C27H27FN2O2S. The molecule has 0 spiro atoms. The second kappa shape index (κ2) is 10.7. The van der Waals surface area contributed by atoms with E-state index in [4.69, 9.17) is 0 Å². The molecule has 33 heavy (non-hydrogen) atoms. The summed E-state index contributed by atoms with van der Waals surface area (Å²) >= 11 is 1.42. The Morgan fingerprint density at radius 2 is 1.76 bits per heavy atom. The first-order valence-electron chi connectivity index (χ1n) is 11.3. The number of para-hydroxylation sites is 2. The van der Waals surface area contributed by atoms with Gasteiger partial charge in [0.05, 0.1) is 11.4 Å². The molecule has 1 aliphatic rings. The smallest absolute Gasteiger partial charge is 0.255 e. The number of rotatable bonds is 8. The number of amides is 2. The zero-order valence-corrected chi connectivity index (χ0v) is 19.4.